The van der Waals surface area contributed by atoms with Crippen molar-refractivity contribution in [1.29, 1.82) is 0 Å². The first kappa shape index (κ1) is 33.7. The molecule has 0 saturated carbocycles. The second kappa shape index (κ2) is 15.2. The van der Waals surface area contributed by atoms with E-state index < -0.39 is 17.2 Å². The summed E-state index contributed by atoms with van der Waals surface area (Å²) in [5.74, 6) is 2.05. The molecule has 0 unspecified atom stereocenters. The second-order valence-electron chi connectivity index (χ2n) is 10.3. The predicted octanol–water partition coefficient (Wildman–Crippen LogP) is 3.44. The van der Waals surface area contributed by atoms with E-state index in [9.17, 15) is 14.4 Å². The number of ether oxygens (including phenoxy) is 4. The maximum Gasteiger partial charge on any atom is 0.332 e. The monoisotopic (exact) mass is 635 g/mol. The Morgan fingerprint density at radius 3 is 2.13 bits per heavy atom. The molecule has 1 aliphatic rings. The highest BCUT2D eigenvalue weighted by molar-refractivity contribution is 5.84. The lowest BCUT2D eigenvalue weighted by atomic mass is 9.96. The quantitative estimate of drug-likeness (QED) is 0.251. The molecule has 2 aromatic heterocycles. The summed E-state index contributed by atoms with van der Waals surface area (Å²) in [5.41, 5.74) is 3.77. The summed E-state index contributed by atoms with van der Waals surface area (Å²) >= 11 is 0. The Balaban J connectivity index is 0.000000240. The fourth-order valence-electron chi connectivity index (χ4n) is 5.14. The summed E-state index contributed by atoms with van der Waals surface area (Å²) in [5, 5.41) is 12.2. The first-order valence-corrected chi connectivity index (χ1v) is 15.2. The largest absolute Gasteiger partial charge is 0.490 e. The maximum absolute atomic E-state index is 11.9. The van der Waals surface area contributed by atoms with Crippen LogP contribution in [0.4, 0.5) is 0 Å². The molecule has 2 N–H and O–H groups in total. The van der Waals surface area contributed by atoms with Crippen LogP contribution in [0.25, 0.3) is 22.9 Å². The highest BCUT2D eigenvalue weighted by Gasteiger charge is 2.19. The summed E-state index contributed by atoms with van der Waals surface area (Å²) in [7, 11) is 2.81. The number of nitrogens with one attached hydrogen (secondary N) is 1. The molecule has 3 heterocycles. The maximum atomic E-state index is 11.9. The molecule has 0 fully saturated rings. The normalized spacial score (nSPS) is 13.0. The number of hydrogen-bond acceptors (Lipinski definition) is 9. The van der Waals surface area contributed by atoms with Crippen LogP contribution in [0.3, 0.4) is 0 Å². The van der Waals surface area contributed by atoms with Crippen LogP contribution in [0.1, 0.15) is 44.4 Å². The second-order valence-corrected chi connectivity index (χ2v) is 10.3. The standard InChI is InChI=1S/C24H31NO4.C9H10N4O4/c1-5-26-21-10-9-17(14-22(21)27-6-2)13-20-19-16-24(29-8-4)23(28-7-3)15-18(19)11-12-25-20;1-11-7-6(8(16)12(2)9(11)17)13(4-10-7)3-5(14)15/h9-10,13-16,25H,5-8,11-12H2,1-4H3;4H,3H2,1-2H3,(H,14,15). The first-order valence-electron chi connectivity index (χ1n) is 15.2. The van der Waals surface area contributed by atoms with Crippen molar-refractivity contribution in [2.75, 3.05) is 33.0 Å². The van der Waals surface area contributed by atoms with Crippen LogP contribution in [-0.4, -0.2) is 62.7 Å². The molecule has 1 aliphatic heterocycles. The van der Waals surface area contributed by atoms with Crippen molar-refractivity contribution >= 4 is 28.9 Å². The van der Waals surface area contributed by atoms with Gasteiger partial charge in [0.1, 0.15) is 6.54 Å². The van der Waals surface area contributed by atoms with E-state index in [1.165, 1.54) is 35.1 Å². The van der Waals surface area contributed by atoms with Gasteiger partial charge in [0.2, 0.25) is 0 Å². The van der Waals surface area contributed by atoms with Crippen LogP contribution in [0.2, 0.25) is 0 Å². The van der Waals surface area contributed by atoms with E-state index in [1.54, 1.807) is 0 Å². The smallest absolute Gasteiger partial charge is 0.332 e. The molecule has 0 radical (unpaired) electrons. The molecule has 4 aromatic rings. The lowest BCUT2D eigenvalue weighted by Gasteiger charge is -2.24. The predicted molar refractivity (Wildman–Crippen MR) is 175 cm³/mol. The summed E-state index contributed by atoms with van der Waals surface area (Å²) in [6, 6.07) is 10.2. The number of aliphatic carboxylic acids is 1. The molecular weight excluding hydrogens is 594 g/mol. The zero-order chi connectivity index (χ0) is 33.4. The number of aryl methyl sites for hydroxylation is 1. The number of carboxylic acids is 1. The third-order valence-corrected chi connectivity index (χ3v) is 7.17. The number of benzene rings is 2. The van der Waals surface area contributed by atoms with Crippen LogP contribution in [0.15, 0.2) is 46.2 Å². The molecule has 0 aliphatic carbocycles. The fraction of sp³-hybridized carbons (Fsp3) is 0.394. The van der Waals surface area contributed by atoms with Crippen molar-refractivity contribution < 1.29 is 28.8 Å². The number of fused-ring (bicyclic) bond motifs is 2. The van der Waals surface area contributed by atoms with Crippen molar-refractivity contribution in [3.05, 3.63) is 74.2 Å². The fourth-order valence-corrected chi connectivity index (χ4v) is 5.14. The van der Waals surface area contributed by atoms with E-state index in [-0.39, 0.29) is 17.7 Å². The van der Waals surface area contributed by atoms with Crippen LogP contribution in [-0.2, 0) is 31.9 Å². The van der Waals surface area contributed by atoms with E-state index in [4.69, 9.17) is 24.1 Å². The van der Waals surface area contributed by atoms with Crippen molar-refractivity contribution in [2.24, 2.45) is 14.1 Å². The van der Waals surface area contributed by atoms with E-state index >= 15 is 0 Å². The Kier molecular flexibility index (Phi) is 11.1. The summed E-state index contributed by atoms with van der Waals surface area (Å²) in [4.78, 5) is 38.0. The molecule has 13 heteroatoms. The van der Waals surface area contributed by atoms with Gasteiger partial charge in [-0.2, -0.15) is 0 Å². The van der Waals surface area contributed by atoms with Gasteiger partial charge in [0, 0.05) is 31.9 Å². The minimum atomic E-state index is -1.08. The number of carbonyl (C=O) groups is 1. The highest BCUT2D eigenvalue weighted by atomic mass is 16.5. The molecular formula is C33H41N5O8. The van der Waals surface area contributed by atoms with Crippen LogP contribution < -0.4 is 35.5 Å². The molecule has 2 aromatic carbocycles. The van der Waals surface area contributed by atoms with Crippen LogP contribution >= 0.6 is 0 Å². The molecule has 0 bridgehead atoms. The molecule has 46 heavy (non-hydrogen) atoms. The molecule has 246 valence electrons. The topological polar surface area (TPSA) is 148 Å². The number of hydrogen-bond donors (Lipinski definition) is 2. The van der Waals surface area contributed by atoms with Gasteiger partial charge < -0.3 is 33.9 Å². The Bertz CT molecular complexity index is 1850. The SMILES string of the molecule is CCOc1ccc(C=C2NCCc3cc(OCC)c(OCC)cc32)cc1OCC.Cn1c(=O)c2c(ncn2CC(=O)O)n(C)c1=O. The molecule has 0 spiro atoms. The number of nitrogens with zero attached hydrogens (tertiary/aromatic N) is 4. The zero-order valence-corrected chi connectivity index (χ0v) is 27.1. The van der Waals surface area contributed by atoms with Crippen molar-refractivity contribution in [1.82, 2.24) is 24.0 Å². The van der Waals surface area contributed by atoms with Gasteiger partial charge in [-0.15, -0.1) is 0 Å². The summed E-state index contributed by atoms with van der Waals surface area (Å²) < 4.78 is 26.4. The number of carboxylic acid groups (broad SMARTS) is 1. The number of aromatic nitrogens is 4. The molecule has 5 rings (SSSR count). The minimum absolute atomic E-state index is 0.108. The van der Waals surface area contributed by atoms with Crippen molar-refractivity contribution in [3.63, 3.8) is 0 Å². The van der Waals surface area contributed by atoms with Gasteiger partial charge >= 0.3 is 11.7 Å². The average Bonchev–Trinajstić information content (AvgIpc) is 3.44. The van der Waals surface area contributed by atoms with Crippen molar-refractivity contribution in [2.45, 2.75) is 40.7 Å². The first-order chi connectivity index (χ1) is 22.1. The zero-order valence-electron chi connectivity index (χ0n) is 27.1. The Hall–Kier alpha value is -5.20. The summed E-state index contributed by atoms with van der Waals surface area (Å²) in [6.07, 6.45) is 4.33. The van der Waals surface area contributed by atoms with Gasteiger partial charge in [-0.3, -0.25) is 18.7 Å². The minimum Gasteiger partial charge on any atom is -0.490 e. The van der Waals surface area contributed by atoms with E-state index in [0.29, 0.717) is 26.4 Å². The Morgan fingerprint density at radius 2 is 1.50 bits per heavy atom. The van der Waals surface area contributed by atoms with Gasteiger partial charge in [0.05, 0.1) is 32.8 Å². The third kappa shape index (κ3) is 7.36. The summed E-state index contributed by atoms with van der Waals surface area (Å²) in [6.45, 7) is 10.9. The number of rotatable bonds is 11. The van der Waals surface area contributed by atoms with Crippen LogP contribution in [0.5, 0.6) is 23.0 Å². The van der Waals surface area contributed by atoms with Gasteiger partial charge in [-0.25, -0.2) is 9.78 Å². The highest BCUT2D eigenvalue weighted by Crippen LogP contribution is 2.37. The van der Waals surface area contributed by atoms with E-state index in [2.05, 4.69) is 34.6 Å². The Morgan fingerprint density at radius 1 is 0.891 bits per heavy atom. The lowest BCUT2D eigenvalue weighted by Crippen LogP contribution is -2.37. The molecule has 0 amide bonds. The molecule has 0 saturated heterocycles. The van der Waals surface area contributed by atoms with Crippen LogP contribution in [0, 0.1) is 0 Å². The van der Waals surface area contributed by atoms with Crippen molar-refractivity contribution in [3.8, 4) is 23.0 Å². The average molecular weight is 636 g/mol. The van der Waals surface area contributed by atoms with E-state index in [1.807, 2.05) is 39.8 Å². The van der Waals surface area contributed by atoms with E-state index in [0.717, 1.165) is 57.4 Å². The number of imidazole rings is 1. The van der Waals surface area contributed by atoms with Gasteiger partial charge in [0.25, 0.3) is 5.56 Å². The Labute approximate surface area is 266 Å². The lowest BCUT2D eigenvalue weighted by molar-refractivity contribution is -0.137. The van der Waals surface area contributed by atoms with Gasteiger partial charge in [-0.05, 0) is 75.6 Å². The molecule has 13 nitrogen and oxygen atoms in total. The van der Waals surface area contributed by atoms with Gasteiger partial charge in [0.15, 0.2) is 34.2 Å². The van der Waals surface area contributed by atoms with Gasteiger partial charge in [-0.1, -0.05) is 6.07 Å². The molecule has 0 atom stereocenters. The third-order valence-electron chi connectivity index (χ3n) is 7.17.